The Bertz CT molecular complexity index is 498. The van der Waals surface area contributed by atoms with E-state index in [0.29, 0.717) is 0 Å². The Morgan fingerprint density at radius 1 is 1.40 bits per heavy atom. The van der Waals surface area contributed by atoms with E-state index < -0.39 is 27.7 Å². The molecule has 15 heavy (non-hydrogen) atoms. The van der Waals surface area contributed by atoms with E-state index in [4.69, 9.17) is 6.57 Å². The molecule has 1 aromatic heterocycles. The number of rotatable bonds is 2. The highest BCUT2D eigenvalue weighted by atomic mass is 32.2. The van der Waals surface area contributed by atoms with Crippen LogP contribution < -0.4 is 4.18 Å². The molecule has 0 fully saturated rings. The summed E-state index contributed by atoms with van der Waals surface area (Å²) >= 11 is 0. The third kappa shape index (κ3) is 2.34. The van der Waals surface area contributed by atoms with Crippen molar-refractivity contribution >= 4 is 16.1 Å². The van der Waals surface area contributed by atoms with Crippen LogP contribution in [0.2, 0.25) is 0 Å². The Morgan fingerprint density at radius 2 is 2.00 bits per heavy atom. The van der Waals surface area contributed by atoms with E-state index in [-0.39, 0.29) is 0 Å². The molecular formula is C4F3N3O4S. The normalized spacial score (nSPS) is 12.1. The van der Waals surface area contributed by atoms with Gasteiger partial charge < -0.3 is 13.4 Å². The van der Waals surface area contributed by atoms with Gasteiger partial charge in [0.15, 0.2) is 0 Å². The Hall–Kier alpha value is -1.83. The second-order valence-corrected chi connectivity index (χ2v) is 3.48. The first-order chi connectivity index (χ1) is 6.76. The maximum absolute atomic E-state index is 11.7. The molecule has 0 unspecified atom stereocenters. The molecule has 0 amide bonds. The number of hydrogen-bond donors (Lipinski definition) is 0. The minimum atomic E-state index is -5.84. The quantitative estimate of drug-likeness (QED) is 0.434. The van der Waals surface area contributed by atoms with Crippen molar-refractivity contribution in [2.75, 3.05) is 0 Å². The van der Waals surface area contributed by atoms with Crippen LogP contribution in [0.15, 0.2) is 4.42 Å². The van der Waals surface area contributed by atoms with E-state index in [9.17, 15) is 21.6 Å². The molecule has 0 N–H and O–H groups in total. The van der Waals surface area contributed by atoms with Gasteiger partial charge in [-0.3, -0.25) is 0 Å². The standard InChI is InChI=1S/C4F3N3O4S/c1-8-2-9-10-3(13-2)14-15(11,12)4(5,6)7. The number of hydrogen-bond acceptors (Lipinski definition) is 6. The minimum absolute atomic E-state index is 0.734. The van der Waals surface area contributed by atoms with E-state index in [1.165, 1.54) is 0 Å². The zero-order chi connectivity index (χ0) is 11.7. The average molecular weight is 243 g/mol. The van der Waals surface area contributed by atoms with E-state index in [0.717, 1.165) is 0 Å². The summed E-state index contributed by atoms with van der Waals surface area (Å²) in [6.07, 6.45) is -1.27. The molecule has 1 rings (SSSR count). The van der Waals surface area contributed by atoms with Crippen LogP contribution in [-0.2, 0) is 10.1 Å². The van der Waals surface area contributed by atoms with Gasteiger partial charge in [0.2, 0.25) is 0 Å². The maximum atomic E-state index is 11.7. The summed E-state index contributed by atoms with van der Waals surface area (Å²) in [5.74, 6) is 0. The van der Waals surface area contributed by atoms with Crippen LogP contribution in [0.1, 0.15) is 0 Å². The number of halogens is 3. The first kappa shape index (κ1) is 11.2. The van der Waals surface area contributed by atoms with Crippen molar-refractivity contribution in [1.29, 1.82) is 0 Å². The van der Waals surface area contributed by atoms with Crippen molar-refractivity contribution in [2.45, 2.75) is 5.51 Å². The van der Waals surface area contributed by atoms with Crippen molar-refractivity contribution in [3.05, 3.63) is 11.4 Å². The summed E-state index contributed by atoms with van der Waals surface area (Å²) in [6.45, 7) is 6.31. The van der Waals surface area contributed by atoms with Crippen LogP contribution in [0.25, 0.3) is 4.85 Å². The molecule has 1 heterocycles. The van der Waals surface area contributed by atoms with E-state index in [1.54, 1.807) is 0 Å². The van der Waals surface area contributed by atoms with Crippen LogP contribution in [-0.4, -0.2) is 24.1 Å². The Balaban J connectivity index is 2.93. The molecule has 82 valence electrons. The van der Waals surface area contributed by atoms with E-state index >= 15 is 0 Å². The van der Waals surface area contributed by atoms with Gasteiger partial charge >= 0.3 is 27.7 Å². The van der Waals surface area contributed by atoms with Gasteiger partial charge in [-0.1, -0.05) is 6.57 Å². The highest BCUT2D eigenvalue weighted by molar-refractivity contribution is 7.87. The lowest BCUT2D eigenvalue weighted by Gasteiger charge is -2.04. The second-order valence-electron chi connectivity index (χ2n) is 1.95. The van der Waals surface area contributed by atoms with Gasteiger partial charge in [0, 0.05) is 10.2 Å². The molecule has 0 aliphatic rings. The molecule has 1 aromatic rings. The molecule has 0 aromatic carbocycles. The topological polar surface area (TPSA) is 86.7 Å². The fourth-order valence-electron chi connectivity index (χ4n) is 0.422. The fraction of sp³-hybridized carbons (Fsp3) is 0.250. The predicted octanol–water partition coefficient (Wildman–Crippen LogP) is 0.849. The van der Waals surface area contributed by atoms with Crippen LogP contribution in [0.4, 0.5) is 19.2 Å². The first-order valence-corrected chi connectivity index (χ1v) is 4.39. The smallest absolute Gasteiger partial charge is 0.415 e. The lowest BCUT2D eigenvalue weighted by molar-refractivity contribution is -0.0508. The molecule has 7 nitrogen and oxygen atoms in total. The van der Waals surface area contributed by atoms with Crippen LogP contribution in [0, 0.1) is 6.57 Å². The molecule has 0 saturated carbocycles. The molecular weight excluding hydrogens is 243 g/mol. The van der Waals surface area contributed by atoms with Gasteiger partial charge in [0.1, 0.15) is 0 Å². The van der Waals surface area contributed by atoms with E-state index in [2.05, 4.69) is 23.6 Å². The van der Waals surface area contributed by atoms with Gasteiger partial charge in [0.05, 0.1) is 0 Å². The molecule has 0 radical (unpaired) electrons. The van der Waals surface area contributed by atoms with Crippen molar-refractivity contribution in [3.8, 4) is 6.08 Å². The lowest BCUT2D eigenvalue weighted by Crippen LogP contribution is -2.28. The van der Waals surface area contributed by atoms with Gasteiger partial charge in [-0.15, -0.1) is 0 Å². The minimum Gasteiger partial charge on any atom is -0.415 e. The summed E-state index contributed by atoms with van der Waals surface area (Å²) in [7, 11) is -5.84. The van der Waals surface area contributed by atoms with Crippen LogP contribution >= 0.6 is 0 Å². The second kappa shape index (κ2) is 3.39. The maximum Gasteiger partial charge on any atom is 0.534 e. The van der Waals surface area contributed by atoms with Gasteiger partial charge in [-0.05, 0) is 0 Å². The summed E-state index contributed by atoms with van der Waals surface area (Å²) in [4.78, 5) is 2.54. The molecule has 0 aliphatic heterocycles. The SMILES string of the molecule is [C-]#[N+]c1nnc(OS(=O)(=O)C(F)(F)F)o1. The molecule has 0 atom stereocenters. The zero-order valence-corrected chi connectivity index (χ0v) is 7.33. The molecule has 0 saturated heterocycles. The van der Waals surface area contributed by atoms with Crippen molar-refractivity contribution < 1.29 is 30.2 Å². The third-order valence-electron chi connectivity index (χ3n) is 0.956. The van der Waals surface area contributed by atoms with Gasteiger partial charge in [0.25, 0.3) is 0 Å². The highest BCUT2D eigenvalue weighted by Crippen LogP contribution is 2.27. The lowest BCUT2D eigenvalue weighted by atomic mass is 11.2. The van der Waals surface area contributed by atoms with Gasteiger partial charge in [-0.2, -0.15) is 21.6 Å². The van der Waals surface area contributed by atoms with Crippen molar-refractivity contribution in [1.82, 2.24) is 10.2 Å². The third-order valence-corrected chi connectivity index (χ3v) is 1.88. The molecule has 0 spiro atoms. The summed E-state index contributed by atoms with van der Waals surface area (Å²) in [6, 6.07) is -0.734. The fourth-order valence-corrected chi connectivity index (χ4v) is 0.772. The summed E-state index contributed by atoms with van der Waals surface area (Å²) < 4.78 is 63.5. The van der Waals surface area contributed by atoms with Gasteiger partial charge in [-0.25, -0.2) is 0 Å². The van der Waals surface area contributed by atoms with Crippen molar-refractivity contribution in [2.24, 2.45) is 0 Å². The monoisotopic (exact) mass is 243 g/mol. The summed E-state index contributed by atoms with van der Waals surface area (Å²) in [5.41, 5.74) is -5.60. The van der Waals surface area contributed by atoms with E-state index in [1.807, 2.05) is 0 Å². The zero-order valence-electron chi connectivity index (χ0n) is 6.52. The summed E-state index contributed by atoms with van der Waals surface area (Å²) in [5, 5.41) is 5.63. The Kier molecular flexibility index (Phi) is 2.54. The number of nitrogens with zero attached hydrogens (tertiary/aromatic N) is 3. The van der Waals surface area contributed by atoms with Crippen LogP contribution in [0.5, 0.6) is 6.08 Å². The first-order valence-electron chi connectivity index (χ1n) is 2.98. The molecule has 0 bridgehead atoms. The number of aromatic nitrogens is 2. The predicted molar refractivity (Wildman–Crippen MR) is 36.2 cm³/mol. The molecule has 11 heteroatoms. The Labute approximate surface area is 80.4 Å². The van der Waals surface area contributed by atoms with Crippen molar-refractivity contribution in [3.63, 3.8) is 0 Å². The number of alkyl halides is 3. The largest absolute Gasteiger partial charge is 0.534 e. The Morgan fingerprint density at radius 3 is 2.40 bits per heavy atom. The highest BCUT2D eigenvalue weighted by Gasteiger charge is 2.49. The van der Waals surface area contributed by atoms with Crippen LogP contribution in [0.3, 0.4) is 0 Å². The average Bonchev–Trinajstić information content (AvgIpc) is 2.49. The molecule has 0 aliphatic carbocycles.